The van der Waals surface area contributed by atoms with Crippen LogP contribution in [0.25, 0.3) is 23.1 Å². The Labute approximate surface area is 200 Å². The Morgan fingerprint density at radius 3 is 2.82 bits per heavy atom. The number of hydrogen-bond donors (Lipinski definition) is 3. The molecule has 172 valence electrons. The summed E-state index contributed by atoms with van der Waals surface area (Å²) in [6.07, 6.45) is 9.18. The number of nitrogens with zero attached hydrogens (tertiary/aromatic N) is 4. The fraction of sp³-hybridized carbons (Fsp3) is 0.222. The van der Waals surface area contributed by atoms with Crippen molar-refractivity contribution < 1.29 is 0 Å². The number of nitrogens with one attached hydrogen (secondary N) is 3. The zero-order valence-electron chi connectivity index (χ0n) is 19.8. The van der Waals surface area contributed by atoms with Crippen LogP contribution in [0.15, 0.2) is 55.0 Å². The number of fused-ring (bicyclic) bond motifs is 1. The molecule has 4 rings (SSSR count). The molecule has 0 bridgehead atoms. The summed E-state index contributed by atoms with van der Waals surface area (Å²) in [4.78, 5) is 14.4. The Kier molecular flexibility index (Phi) is 7.33. The number of aromatic amines is 1. The van der Waals surface area contributed by atoms with Gasteiger partial charge in [0.15, 0.2) is 0 Å². The highest BCUT2D eigenvalue weighted by Gasteiger charge is 2.11. The summed E-state index contributed by atoms with van der Waals surface area (Å²) in [5.74, 6) is 0. The molecule has 0 aliphatic rings. The van der Waals surface area contributed by atoms with E-state index in [9.17, 15) is 5.26 Å². The van der Waals surface area contributed by atoms with Gasteiger partial charge in [-0.1, -0.05) is 6.07 Å². The van der Waals surface area contributed by atoms with Crippen molar-refractivity contribution in [2.24, 2.45) is 0 Å². The molecule has 0 aliphatic heterocycles. The summed E-state index contributed by atoms with van der Waals surface area (Å²) in [5.41, 5.74) is 7.03. The Bertz CT molecular complexity index is 1340. The lowest BCUT2D eigenvalue weighted by Gasteiger charge is -2.14. The molecule has 7 heteroatoms. The van der Waals surface area contributed by atoms with Crippen LogP contribution in [-0.2, 0) is 6.54 Å². The van der Waals surface area contributed by atoms with E-state index in [0.717, 1.165) is 57.9 Å². The van der Waals surface area contributed by atoms with E-state index in [2.05, 4.69) is 58.7 Å². The van der Waals surface area contributed by atoms with Crippen LogP contribution in [0.4, 0.5) is 11.4 Å². The first-order valence-electron chi connectivity index (χ1n) is 11.3. The molecule has 0 saturated carbocycles. The molecule has 3 aromatic heterocycles. The Morgan fingerprint density at radius 1 is 1.12 bits per heavy atom. The zero-order chi connectivity index (χ0) is 23.9. The van der Waals surface area contributed by atoms with Crippen LogP contribution in [0.5, 0.6) is 0 Å². The number of rotatable bonds is 9. The average molecular weight is 452 g/mol. The lowest BCUT2D eigenvalue weighted by Crippen LogP contribution is -2.26. The van der Waals surface area contributed by atoms with Crippen LogP contribution in [-0.4, -0.2) is 47.0 Å². The molecule has 0 spiro atoms. The molecule has 0 fully saturated rings. The van der Waals surface area contributed by atoms with Gasteiger partial charge in [0.25, 0.3) is 0 Å². The van der Waals surface area contributed by atoms with Gasteiger partial charge in [-0.2, -0.15) is 5.26 Å². The van der Waals surface area contributed by atoms with E-state index in [1.54, 1.807) is 12.4 Å². The Balaban J connectivity index is 1.56. The number of pyridine rings is 2. The lowest BCUT2D eigenvalue weighted by atomic mass is 10.1. The molecule has 0 amide bonds. The molecular formula is C27H29N7. The van der Waals surface area contributed by atoms with Crippen molar-refractivity contribution in [3.05, 3.63) is 83.1 Å². The smallest absolute Gasteiger partial charge is 0.103 e. The number of anilines is 2. The molecule has 1 aromatic carbocycles. The maximum absolute atomic E-state index is 9.71. The van der Waals surface area contributed by atoms with E-state index in [-0.39, 0.29) is 0 Å². The van der Waals surface area contributed by atoms with E-state index < -0.39 is 0 Å². The minimum atomic E-state index is 0.488. The Morgan fingerprint density at radius 2 is 2.00 bits per heavy atom. The van der Waals surface area contributed by atoms with E-state index in [4.69, 9.17) is 4.98 Å². The van der Waals surface area contributed by atoms with Crippen LogP contribution in [0.2, 0.25) is 0 Å². The van der Waals surface area contributed by atoms with E-state index in [1.807, 2.05) is 48.7 Å². The summed E-state index contributed by atoms with van der Waals surface area (Å²) in [7, 11) is 4.12. The molecule has 4 aromatic rings. The largest absolute Gasteiger partial charge is 0.361 e. The van der Waals surface area contributed by atoms with Gasteiger partial charge in [-0.3, -0.25) is 9.97 Å². The van der Waals surface area contributed by atoms with Crippen LogP contribution < -0.4 is 10.6 Å². The molecule has 0 radical (unpaired) electrons. The normalized spacial score (nSPS) is 11.4. The van der Waals surface area contributed by atoms with Crippen LogP contribution in [0, 0.1) is 18.3 Å². The van der Waals surface area contributed by atoms with Gasteiger partial charge in [0.1, 0.15) is 6.07 Å². The van der Waals surface area contributed by atoms with Crippen molar-refractivity contribution in [3.63, 3.8) is 0 Å². The quantitative estimate of drug-likeness (QED) is 0.319. The van der Waals surface area contributed by atoms with Crippen molar-refractivity contribution in [2.45, 2.75) is 13.5 Å². The number of nitriles is 1. The second-order valence-electron chi connectivity index (χ2n) is 8.43. The summed E-state index contributed by atoms with van der Waals surface area (Å²) in [6.45, 7) is 4.68. The second-order valence-corrected chi connectivity index (χ2v) is 8.43. The molecule has 0 saturated heterocycles. The van der Waals surface area contributed by atoms with E-state index in [1.165, 1.54) is 0 Å². The van der Waals surface area contributed by atoms with Gasteiger partial charge in [-0.25, -0.2) is 0 Å². The minimum Gasteiger partial charge on any atom is -0.361 e. The fourth-order valence-electron chi connectivity index (χ4n) is 3.77. The highest BCUT2D eigenvalue weighted by Crippen LogP contribution is 2.31. The van der Waals surface area contributed by atoms with E-state index >= 15 is 0 Å². The lowest BCUT2D eigenvalue weighted by molar-refractivity contribution is 0.399. The van der Waals surface area contributed by atoms with Crippen molar-refractivity contribution in [1.82, 2.24) is 25.2 Å². The predicted octanol–water partition coefficient (Wildman–Crippen LogP) is 4.70. The maximum Gasteiger partial charge on any atom is 0.103 e. The van der Waals surface area contributed by atoms with Gasteiger partial charge in [-0.15, -0.1) is 0 Å². The SMILES string of the molecule is Cc1c(Nc2c(C#N)cncc2C=Cc2cccc(CNCCN(C)C)n2)ccc2[nH]ccc12. The summed E-state index contributed by atoms with van der Waals surface area (Å²) in [5, 5.41) is 17.7. The third kappa shape index (κ3) is 5.49. The number of aryl methyl sites for hydroxylation is 1. The second kappa shape index (κ2) is 10.8. The molecule has 3 heterocycles. The minimum absolute atomic E-state index is 0.488. The highest BCUT2D eigenvalue weighted by atomic mass is 15.1. The summed E-state index contributed by atoms with van der Waals surface area (Å²) < 4.78 is 0. The van der Waals surface area contributed by atoms with Crippen molar-refractivity contribution in [3.8, 4) is 6.07 Å². The standard InChI is InChI=1S/C27H29N7/c1-19-24-11-12-31-26(24)10-9-25(19)33-27-20(16-30-17-21(27)15-28)7-8-22-5-4-6-23(32-22)18-29-13-14-34(2)3/h4-12,16-17,29,31H,13-14,18H2,1-3H3,(H,30,33). The number of H-pyrrole nitrogens is 1. The zero-order valence-corrected chi connectivity index (χ0v) is 19.8. The van der Waals surface area contributed by atoms with Crippen molar-refractivity contribution in [1.29, 1.82) is 5.26 Å². The highest BCUT2D eigenvalue weighted by molar-refractivity contribution is 5.90. The first-order valence-corrected chi connectivity index (χ1v) is 11.3. The fourth-order valence-corrected chi connectivity index (χ4v) is 3.77. The van der Waals surface area contributed by atoms with Crippen LogP contribution in [0.1, 0.15) is 28.1 Å². The molecule has 34 heavy (non-hydrogen) atoms. The first-order chi connectivity index (χ1) is 16.5. The van der Waals surface area contributed by atoms with Gasteiger partial charge in [0.2, 0.25) is 0 Å². The van der Waals surface area contributed by atoms with Gasteiger partial charge < -0.3 is 20.5 Å². The van der Waals surface area contributed by atoms with E-state index in [0.29, 0.717) is 12.1 Å². The number of aromatic nitrogens is 3. The molecular weight excluding hydrogens is 422 g/mol. The van der Waals surface area contributed by atoms with Gasteiger partial charge in [0, 0.05) is 60.4 Å². The third-order valence-corrected chi connectivity index (χ3v) is 5.66. The first kappa shape index (κ1) is 23.2. The topological polar surface area (TPSA) is 92.7 Å². The van der Waals surface area contributed by atoms with Gasteiger partial charge in [0.05, 0.1) is 22.6 Å². The van der Waals surface area contributed by atoms with Crippen LogP contribution in [0.3, 0.4) is 0 Å². The number of likely N-dealkylation sites (N-methyl/N-ethyl adjacent to an activating group) is 1. The average Bonchev–Trinajstić information content (AvgIpc) is 3.33. The molecule has 0 aliphatic carbocycles. The summed E-state index contributed by atoms with van der Waals surface area (Å²) >= 11 is 0. The van der Waals surface area contributed by atoms with Gasteiger partial charge >= 0.3 is 0 Å². The van der Waals surface area contributed by atoms with Crippen molar-refractivity contribution >= 4 is 34.4 Å². The molecule has 0 unspecified atom stereocenters. The molecule has 3 N–H and O–H groups in total. The third-order valence-electron chi connectivity index (χ3n) is 5.66. The predicted molar refractivity (Wildman–Crippen MR) is 139 cm³/mol. The summed E-state index contributed by atoms with van der Waals surface area (Å²) in [6, 6.07) is 14.4. The maximum atomic E-state index is 9.71. The number of hydrogen-bond acceptors (Lipinski definition) is 6. The number of benzene rings is 1. The monoisotopic (exact) mass is 451 g/mol. The van der Waals surface area contributed by atoms with Crippen LogP contribution >= 0.6 is 0 Å². The van der Waals surface area contributed by atoms with Gasteiger partial charge in [-0.05, 0) is 69.1 Å². The van der Waals surface area contributed by atoms with Crippen molar-refractivity contribution in [2.75, 3.05) is 32.5 Å². The Hall–Kier alpha value is -3.99. The molecule has 0 atom stereocenters. The molecule has 7 nitrogen and oxygen atoms in total.